The van der Waals surface area contributed by atoms with Crippen LogP contribution in [0.15, 0.2) is 78.9 Å². The van der Waals surface area contributed by atoms with Gasteiger partial charge in [0.15, 0.2) is 0 Å². The number of fused-ring (bicyclic) bond motifs is 1. The van der Waals surface area contributed by atoms with E-state index < -0.39 is 0 Å². The Morgan fingerprint density at radius 3 is 2.30 bits per heavy atom. The molecular formula is C22H17ClN2O2. The lowest BCUT2D eigenvalue weighted by Gasteiger charge is -2.16. The van der Waals surface area contributed by atoms with Gasteiger partial charge in [0.1, 0.15) is 0 Å². The molecular weight excluding hydrogens is 360 g/mol. The van der Waals surface area contributed by atoms with Gasteiger partial charge in [-0.05, 0) is 34.9 Å². The highest BCUT2D eigenvalue weighted by molar-refractivity contribution is 6.30. The average molecular weight is 377 g/mol. The van der Waals surface area contributed by atoms with Gasteiger partial charge >= 0.3 is 0 Å². The van der Waals surface area contributed by atoms with Gasteiger partial charge in [-0.3, -0.25) is 10.1 Å². The number of nitrogens with zero attached hydrogens (tertiary/aromatic N) is 1. The Morgan fingerprint density at radius 1 is 0.926 bits per heavy atom. The summed E-state index contributed by atoms with van der Waals surface area (Å²) in [6.45, 7) is -0.174. The van der Waals surface area contributed by atoms with Gasteiger partial charge in [-0.15, -0.1) is 0 Å². The van der Waals surface area contributed by atoms with E-state index in [4.69, 9.17) is 11.6 Å². The van der Waals surface area contributed by atoms with Crippen molar-refractivity contribution in [3.8, 4) is 11.3 Å². The standard InChI is InChI=1S/C22H17ClN2O2/c23-17-12-10-16(11-13-17)22-21(18-8-4-5-9-20(18)24-22)19(14-25(26)27)15-6-2-1-3-7-15/h1-13,19,24H,14H2/t19-/m1/s1. The van der Waals surface area contributed by atoms with Crippen molar-refractivity contribution >= 4 is 22.5 Å². The molecule has 0 fully saturated rings. The maximum atomic E-state index is 11.5. The summed E-state index contributed by atoms with van der Waals surface area (Å²) in [5, 5.41) is 13.1. The molecule has 1 atom stereocenters. The van der Waals surface area contributed by atoms with E-state index >= 15 is 0 Å². The third-order valence-electron chi connectivity index (χ3n) is 4.76. The Kier molecular flexibility index (Phi) is 4.65. The fourth-order valence-corrected chi connectivity index (χ4v) is 3.69. The van der Waals surface area contributed by atoms with Crippen LogP contribution < -0.4 is 0 Å². The molecule has 1 aromatic heterocycles. The number of benzene rings is 3. The van der Waals surface area contributed by atoms with Gasteiger partial charge in [0.25, 0.3) is 0 Å². The topological polar surface area (TPSA) is 58.9 Å². The highest BCUT2D eigenvalue weighted by Gasteiger charge is 2.27. The molecule has 1 N–H and O–H groups in total. The number of para-hydroxylation sites is 1. The van der Waals surface area contributed by atoms with E-state index in [1.807, 2.05) is 78.9 Å². The predicted octanol–water partition coefficient (Wildman–Crippen LogP) is 5.90. The zero-order valence-corrected chi connectivity index (χ0v) is 15.2. The van der Waals surface area contributed by atoms with E-state index in [1.54, 1.807) is 0 Å². The van der Waals surface area contributed by atoms with Crippen LogP contribution in [-0.4, -0.2) is 16.5 Å². The van der Waals surface area contributed by atoms with Crippen LogP contribution in [0.4, 0.5) is 0 Å². The lowest BCUT2D eigenvalue weighted by atomic mass is 9.87. The Labute approximate surface area is 161 Å². The molecule has 134 valence electrons. The van der Waals surface area contributed by atoms with Crippen molar-refractivity contribution in [1.29, 1.82) is 0 Å². The molecule has 3 aromatic carbocycles. The maximum absolute atomic E-state index is 11.5. The number of hydrogen-bond acceptors (Lipinski definition) is 2. The maximum Gasteiger partial charge on any atom is 0.214 e. The number of aromatic nitrogens is 1. The van der Waals surface area contributed by atoms with Crippen LogP contribution in [0, 0.1) is 10.1 Å². The van der Waals surface area contributed by atoms with Crippen molar-refractivity contribution in [1.82, 2.24) is 4.98 Å². The van der Waals surface area contributed by atoms with Crippen LogP contribution >= 0.6 is 11.6 Å². The minimum atomic E-state index is -0.358. The number of rotatable bonds is 5. The Morgan fingerprint density at radius 2 is 1.59 bits per heavy atom. The van der Waals surface area contributed by atoms with Gasteiger partial charge in [-0.25, -0.2) is 0 Å². The third-order valence-corrected chi connectivity index (χ3v) is 5.01. The normalized spacial score (nSPS) is 12.2. The van der Waals surface area contributed by atoms with Crippen LogP contribution in [0.25, 0.3) is 22.2 Å². The summed E-state index contributed by atoms with van der Waals surface area (Å²) in [5.41, 5.74) is 4.67. The third kappa shape index (κ3) is 3.44. The van der Waals surface area contributed by atoms with E-state index in [0.29, 0.717) is 5.02 Å². The van der Waals surface area contributed by atoms with E-state index in [0.717, 1.165) is 33.3 Å². The van der Waals surface area contributed by atoms with E-state index in [1.165, 1.54) is 0 Å². The molecule has 0 aliphatic rings. The molecule has 0 unspecified atom stereocenters. The summed E-state index contributed by atoms with van der Waals surface area (Å²) in [7, 11) is 0. The summed E-state index contributed by atoms with van der Waals surface area (Å²) < 4.78 is 0. The molecule has 5 heteroatoms. The molecule has 0 saturated heterocycles. The fraction of sp³-hybridized carbons (Fsp3) is 0.0909. The first-order valence-electron chi connectivity index (χ1n) is 8.67. The molecule has 0 bridgehead atoms. The second-order valence-electron chi connectivity index (χ2n) is 6.44. The van der Waals surface area contributed by atoms with Crippen LogP contribution in [0.5, 0.6) is 0 Å². The summed E-state index contributed by atoms with van der Waals surface area (Å²) in [4.78, 5) is 14.7. The highest BCUT2D eigenvalue weighted by atomic mass is 35.5. The minimum absolute atomic E-state index is 0.174. The van der Waals surface area contributed by atoms with E-state index in [9.17, 15) is 10.1 Å². The van der Waals surface area contributed by atoms with Gasteiger partial charge in [0.2, 0.25) is 6.54 Å². The summed E-state index contributed by atoms with van der Waals surface area (Å²) in [6.07, 6.45) is 0. The summed E-state index contributed by atoms with van der Waals surface area (Å²) >= 11 is 6.05. The number of nitro groups is 1. The average Bonchev–Trinajstić information content (AvgIpc) is 3.06. The zero-order valence-electron chi connectivity index (χ0n) is 14.4. The number of H-pyrrole nitrogens is 1. The molecule has 0 aliphatic carbocycles. The van der Waals surface area contributed by atoms with Gasteiger partial charge < -0.3 is 4.98 Å². The first-order valence-corrected chi connectivity index (χ1v) is 9.04. The number of aromatic amines is 1. The number of hydrogen-bond donors (Lipinski definition) is 1. The molecule has 0 radical (unpaired) electrons. The van der Waals surface area contributed by atoms with Crippen molar-refractivity contribution in [3.05, 3.63) is 105 Å². The molecule has 0 amide bonds. The van der Waals surface area contributed by atoms with Gasteiger partial charge in [-0.1, -0.05) is 72.3 Å². The first kappa shape index (κ1) is 17.3. The predicted molar refractivity (Wildman–Crippen MR) is 109 cm³/mol. The van der Waals surface area contributed by atoms with Crippen LogP contribution in [0.3, 0.4) is 0 Å². The van der Waals surface area contributed by atoms with E-state index in [2.05, 4.69) is 4.98 Å². The van der Waals surface area contributed by atoms with Crippen molar-refractivity contribution in [2.45, 2.75) is 5.92 Å². The Balaban J connectivity index is 1.98. The van der Waals surface area contributed by atoms with Gasteiger partial charge in [0.05, 0.1) is 11.6 Å². The second-order valence-corrected chi connectivity index (χ2v) is 6.88. The van der Waals surface area contributed by atoms with Crippen molar-refractivity contribution in [2.75, 3.05) is 6.54 Å². The molecule has 4 aromatic rings. The second kappa shape index (κ2) is 7.25. The van der Waals surface area contributed by atoms with Crippen LogP contribution in [0.1, 0.15) is 17.0 Å². The van der Waals surface area contributed by atoms with E-state index in [-0.39, 0.29) is 17.4 Å². The molecule has 4 nitrogen and oxygen atoms in total. The van der Waals surface area contributed by atoms with Crippen molar-refractivity contribution in [2.24, 2.45) is 0 Å². The molecule has 1 heterocycles. The molecule has 0 saturated carbocycles. The zero-order chi connectivity index (χ0) is 18.8. The first-order chi connectivity index (χ1) is 13.1. The molecule has 0 spiro atoms. The SMILES string of the molecule is O=[N+]([O-])C[C@H](c1ccccc1)c1c(-c2ccc(Cl)cc2)[nH]c2ccccc12. The Hall–Kier alpha value is -3.11. The van der Waals surface area contributed by atoms with Crippen LogP contribution in [-0.2, 0) is 0 Å². The lowest BCUT2D eigenvalue weighted by Crippen LogP contribution is -2.14. The van der Waals surface area contributed by atoms with Crippen molar-refractivity contribution in [3.63, 3.8) is 0 Å². The monoisotopic (exact) mass is 376 g/mol. The Bertz CT molecular complexity index is 1090. The van der Waals surface area contributed by atoms with Crippen molar-refractivity contribution < 1.29 is 4.92 Å². The molecule has 0 aliphatic heterocycles. The molecule has 27 heavy (non-hydrogen) atoms. The summed E-state index contributed by atoms with van der Waals surface area (Å²) in [5.74, 6) is -0.358. The number of halogens is 1. The van der Waals surface area contributed by atoms with Crippen LogP contribution in [0.2, 0.25) is 5.02 Å². The smallest absolute Gasteiger partial charge is 0.214 e. The highest BCUT2D eigenvalue weighted by Crippen LogP contribution is 2.39. The van der Waals surface area contributed by atoms with Gasteiger partial charge in [-0.2, -0.15) is 0 Å². The largest absolute Gasteiger partial charge is 0.354 e. The summed E-state index contributed by atoms with van der Waals surface area (Å²) in [6, 6.07) is 25.1. The fourth-order valence-electron chi connectivity index (χ4n) is 3.57. The number of nitrogens with one attached hydrogen (secondary N) is 1. The van der Waals surface area contributed by atoms with Gasteiger partial charge in [0, 0.05) is 20.8 Å². The minimum Gasteiger partial charge on any atom is -0.354 e. The molecule has 4 rings (SSSR count). The quantitative estimate of drug-likeness (QED) is 0.348. The lowest BCUT2D eigenvalue weighted by molar-refractivity contribution is -0.481.